The van der Waals surface area contributed by atoms with Crippen molar-refractivity contribution in [2.45, 2.75) is 45.4 Å². The molecule has 0 saturated carbocycles. The Kier molecular flexibility index (Phi) is 4.03. The second-order valence-electron chi connectivity index (χ2n) is 5.40. The Morgan fingerprint density at radius 2 is 2.06 bits per heavy atom. The molecule has 1 atom stereocenters. The Labute approximate surface area is 104 Å². The summed E-state index contributed by atoms with van der Waals surface area (Å²) in [5.41, 5.74) is 2.30. The predicted octanol–water partition coefficient (Wildman–Crippen LogP) is 3.30. The Hall–Kier alpha value is -1.05. The molecule has 1 aliphatic heterocycles. The fourth-order valence-electron chi connectivity index (χ4n) is 2.78. The van der Waals surface area contributed by atoms with Gasteiger partial charge in [-0.1, -0.05) is 18.2 Å². The quantitative estimate of drug-likeness (QED) is 0.670. The van der Waals surface area contributed by atoms with E-state index in [0.29, 0.717) is 11.8 Å². The standard InChI is InChI=1S/C15H23NO/c1-12(2)13-6-8-14(9-7-13)15(17)16-10-4-3-5-11-16/h8,13H,1,3-7,9-11H2,2H3/t13-/m1/s1. The first-order valence-corrected chi connectivity index (χ1v) is 6.82. The molecule has 0 N–H and O–H groups in total. The van der Waals surface area contributed by atoms with E-state index < -0.39 is 0 Å². The first-order chi connectivity index (χ1) is 8.18. The summed E-state index contributed by atoms with van der Waals surface area (Å²) in [6.45, 7) is 8.02. The number of allylic oxidation sites excluding steroid dienone is 2. The summed E-state index contributed by atoms with van der Waals surface area (Å²) >= 11 is 0. The largest absolute Gasteiger partial charge is 0.339 e. The van der Waals surface area contributed by atoms with E-state index >= 15 is 0 Å². The maximum atomic E-state index is 12.3. The second kappa shape index (κ2) is 5.52. The van der Waals surface area contributed by atoms with E-state index in [1.165, 1.54) is 24.8 Å². The number of likely N-dealkylation sites (tertiary alicyclic amines) is 1. The molecule has 1 heterocycles. The van der Waals surface area contributed by atoms with Crippen LogP contribution in [0.1, 0.15) is 45.4 Å². The molecule has 1 aliphatic carbocycles. The number of carbonyl (C=O) groups excluding carboxylic acids is 1. The van der Waals surface area contributed by atoms with Crippen LogP contribution in [0, 0.1) is 5.92 Å². The zero-order valence-corrected chi connectivity index (χ0v) is 10.9. The van der Waals surface area contributed by atoms with Crippen molar-refractivity contribution in [1.82, 2.24) is 4.90 Å². The van der Waals surface area contributed by atoms with Crippen LogP contribution in [0.15, 0.2) is 23.8 Å². The van der Waals surface area contributed by atoms with Crippen LogP contribution < -0.4 is 0 Å². The summed E-state index contributed by atoms with van der Waals surface area (Å²) < 4.78 is 0. The van der Waals surface area contributed by atoms with Crippen LogP contribution >= 0.6 is 0 Å². The number of hydrogen-bond donors (Lipinski definition) is 0. The highest BCUT2D eigenvalue weighted by Crippen LogP contribution is 2.29. The molecular formula is C15H23NO. The van der Waals surface area contributed by atoms with Gasteiger partial charge in [-0.2, -0.15) is 0 Å². The first-order valence-electron chi connectivity index (χ1n) is 6.82. The lowest BCUT2D eigenvalue weighted by Gasteiger charge is -2.30. The summed E-state index contributed by atoms with van der Waals surface area (Å²) in [6.07, 6.45) is 8.82. The lowest BCUT2D eigenvalue weighted by Crippen LogP contribution is -2.37. The highest BCUT2D eigenvalue weighted by atomic mass is 16.2. The molecule has 2 rings (SSSR count). The van der Waals surface area contributed by atoms with Gasteiger partial charge < -0.3 is 4.90 Å². The first kappa shape index (κ1) is 12.4. The third-order valence-electron chi connectivity index (χ3n) is 4.03. The lowest BCUT2D eigenvalue weighted by atomic mass is 9.85. The average molecular weight is 233 g/mol. The highest BCUT2D eigenvalue weighted by molar-refractivity contribution is 5.93. The minimum absolute atomic E-state index is 0.296. The number of hydrogen-bond acceptors (Lipinski definition) is 1. The normalized spacial score (nSPS) is 25.4. The van der Waals surface area contributed by atoms with E-state index in [1.54, 1.807) is 0 Å². The third kappa shape index (κ3) is 2.99. The molecule has 2 aliphatic rings. The van der Waals surface area contributed by atoms with Gasteiger partial charge in [-0.15, -0.1) is 0 Å². The Bertz CT molecular complexity index is 337. The van der Waals surface area contributed by atoms with Crippen molar-refractivity contribution in [2.24, 2.45) is 5.92 Å². The topological polar surface area (TPSA) is 20.3 Å². The molecule has 0 aromatic carbocycles. The molecule has 0 aromatic heterocycles. The van der Waals surface area contributed by atoms with Crippen LogP contribution in [0.25, 0.3) is 0 Å². The maximum Gasteiger partial charge on any atom is 0.249 e. The number of nitrogens with zero attached hydrogens (tertiary/aromatic N) is 1. The highest BCUT2D eigenvalue weighted by Gasteiger charge is 2.23. The minimum Gasteiger partial charge on any atom is -0.339 e. The molecule has 1 amide bonds. The van der Waals surface area contributed by atoms with Crippen LogP contribution in [-0.4, -0.2) is 23.9 Å². The van der Waals surface area contributed by atoms with Crippen molar-refractivity contribution in [3.05, 3.63) is 23.8 Å². The molecule has 1 fully saturated rings. The van der Waals surface area contributed by atoms with Crippen molar-refractivity contribution in [3.63, 3.8) is 0 Å². The Balaban J connectivity index is 1.94. The summed E-state index contributed by atoms with van der Waals surface area (Å²) in [6, 6.07) is 0. The smallest absolute Gasteiger partial charge is 0.249 e. The number of amides is 1. The molecular weight excluding hydrogens is 210 g/mol. The number of carbonyl (C=O) groups is 1. The maximum absolute atomic E-state index is 12.3. The van der Waals surface area contributed by atoms with Gasteiger partial charge in [0.05, 0.1) is 0 Å². The Morgan fingerprint density at radius 3 is 2.59 bits per heavy atom. The van der Waals surface area contributed by atoms with Crippen LogP contribution in [0.4, 0.5) is 0 Å². The third-order valence-corrected chi connectivity index (χ3v) is 4.03. The van der Waals surface area contributed by atoms with E-state index in [0.717, 1.165) is 37.9 Å². The van der Waals surface area contributed by atoms with E-state index in [9.17, 15) is 4.79 Å². The fourth-order valence-corrected chi connectivity index (χ4v) is 2.78. The molecule has 17 heavy (non-hydrogen) atoms. The molecule has 2 heteroatoms. The van der Waals surface area contributed by atoms with E-state index in [-0.39, 0.29) is 0 Å². The molecule has 0 spiro atoms. The van der Waals surface area contributed by atoms with Crippen molar-refractivity contribution in [1.29, 1.82) is 0 Å². The van der Waals surface area contributed by atoms with Crippen LogP contribution in [-0.2, 0) is 4.79 Å². The Morgan fingerprint density at radius 1 is 1.35 bits per heavy atom. The van der Waals surface area contributed by atoms with Gasteiger partial charge in [0.25, 0.3) is 0 Å². The predicted molar refractivity (Wildman–Crippen MR) is 70.7 cm³/mol. The van der Waals surface area contributed by atoms with Gasteiger partial charge in [0.1, 0.15) is 0 Å². The zero-order valence-electron chi connectivity index (χ0n) is 10.9. The van der Waals surface area contributed by atoms with Gasteiger partial charge in [-0.25, -0.2) is 0 Å². The van der Waals surface area contributed by atoms with Crippen molar-refractivity contribution < 1.29 is 4.79 Å². The molecule has 94 valence electrons. The second-order valence-corrected chi connectivity index (χ2v) is 5.40. The number of piperidine rings is 1. The fraction of sp³-hybridized carbons (Fsp3) is 0.667. The molecule has 2 nitrogen and oxygen atoms in total. The van der Waals surface area contributed by atoms with Gasteiger partial charge in [-0.3, -0.25) is 4.79 Å². The van der Waals surface area contributed by atoms with Gasteiger partial charge in [-0.05, 0) is 51.4 Å². The molecule has 0 unspecified atom stereocenters. The van der Waals surface area contributed by atoms with Gasteiger partial charge in [0, 0.05) is 18.7 Å². The van der Waals surface area contributed by atoms with Crippen molar-refractivity contribution in [2.75, 3.05) is 13.1 Å². The van der Waals surface area contributed by atoms with Crippen LogP contribution in [0.5, 0.6) is 0 Å². The summed E-state index contributed by atoms with van der Waals surface area (Å²) in [5, 5.41) is 0. The van der Waals surface area contributed by atoms with Gasteiger partial charge >= 0.3 is 0 Å². The lowest BCUT2D eigenvalue weighted by molar-refractivity contribution is -0.128. The zero-order chi connectivity index (χ0) is 12.3. The van der Waals surface area contributed by atoms with Crippen LogP contribution in [0.3, 0.4) is 0 Å². The average Bonchev–Trinajstić information content (AvgIpc) is 2.39. The molecule has 0 bridgehead atoms. The SMILES string of the molecule is C=C(C)[C@@H]1CC=C(C(=O)N2CCCCC2)CC1. The van der Waals surface area contributed by atoms with Crippen molar-refractivity contribution >= 4 is 5.91 Å². The number of rotatable bonds is 2. The molecule has 0 radical (unpaired) electrons. The molecule has 1 saturated heterocycles. The summed E-state index contributed by atoms with van der Waals surface area (Å²) in [7, 11) is 0. The molecule has 0 aromatic rings. The van der Waals surface area contributed by atoms with Gasteiger partial charge in [0.15, 0.2) is 0 Å². The van der Waals surface area contributed by atoms with E-state index in [1.807, 2.05) is 4.90 Å². The van der Waals surface area contributed by atoms with Gasteiger partial charge in [0.2, 0.25) is 5.91 Å². The minimum atomic E-state index is 0.296. The van der Waals surface area contributed by atoms with Crippen LogP contribution in [0.2, 0.25) is 0 Å². The van der Waals surface area contributed by atoms with E-state index in [4.69, 9.17) is 0 Å². The van der Waals surface area contributed by atoms with E-state index in [2.05, 4.69) is 19.6 Å². The van der Waals surface area contributed by atoms with Crippen molar-refractivity contribution in [3.8, 4) is 0 Å². The monoisotopic (exact) mass is 233 g/mol. The summed E-state index contributed by atoms with van der Waals surface area (Å²) in [4.78, 5) is 14.3. The summed E-state index contributed by atoms with van der Waals surface area (Å²) in [5.74, 6) is 0.887.